The van der Waals surface area contributed by atoms with Crippen LogP contribution in [-0.4, -0.2) is 18.1 Å². The van der Waals surface area contributed by atoms with Crippen molar-refractivity contribution in [2.45, 2.75) is 13.3 Å². The second-order valence-electron chi connectivity index (χ2n) is 2.83. The Kier molecular flexibility index (Phi) is 3.73. The van der Waals surface area contributed by atoms with Gasteiger partial charge in [-0.15, -0.1) is 0 Å². The molecule has 1 aromatic heterocycles. The number of aromatic nitrogens is 1. The average molecular weight is 280 g/mol. The van der Waals surface area contributed by atoms with Crippen molar-refractivity contribution in [3.8, 4) is 0 Å². The molecule has 0 fully saturated rings. The molecule has 0 saturated carbocycles. The molecule has 1 rings (SSSR count). The molecule has 0 saturated heterocycles. The number of alkyl halides is 2. The van der Waals surface area contributed by atoms with Gasteiger partial charge in [-0.25, -0.2) is 18.6 Å². The normalized spacial score (nSPS) is 10.5. The van der Waals surface area contributed by atoms with E-state index >= 15 is 0 Å². The third-order valence-electron chi connectivity index (χ3n) is 1.81. The van der Waals surface area contributed by atoms with Gasteiger partial charge in [0.15, 0.2) is 5.69 Å². The fourth-order valence-electron chi connectivity index (χ4n) is 1.07. The summed E-state index contributed by atoms with van der Waals surface area (Å²) in [5.74, 6) is -0.644. The molecule has 0 radical (unpaired) electrons. The van der Waals surface area contributed by atoms with Crippen LogP contribution in [0.4, 0.5) is 8.78 Å². The summed E-state index contributed by atoms with van der Waals surface area (Å²) in [5.41, 5.74) is 0.161. The molecule has 0 amide bonds. The number of carbonyl (C=O) groups is 1. The van der Waals surface area contributed by atoms with Crippen LogP contribution >= 0.6 is 15.9 Å². The fraction of sp³-hybridized carbons (Fsp3) is 0.333. The number of rotatable bonds is 2. The second kappa shape index (κ2) is 4.65. The lowest BCUT2D eigenvalue weighted by molar-refractivity contribution is 0.0592. The van der Waals surface area contributed by atoms with Gasteiger partial charge in [0, 0.05) is 0 Å². The molecule has 0 aliphatic heterocycles. The second-order valence-corrected chi connectivity index (χ2v) is 3.58. The lowest BCUT2D eigenvalue weighted by atomic mass is 10.1. The van der Waals surface area contributed by atoms with Crippen molar-refractivity contribution < 1.29 is 18.3 Å². The first-order valence-corrected chi connectivity index (χ1v) is 4.80. The first-order valence-electron chi connectivity index (χ1n) is 4.01. The monoisotopic (exact) mass is 279 g/mol. The number of ether oxygens (including phenoxy) is 1. The first-order chi connectivity index (χ1) is 6.97. The number of pyridine rings is 1. The van der Waals surface area contributed by atoms with Crippen LogP contribution in [0.5, 0.6) is 0 Å². The van der Waals surface area contributed by atoms with Crippen LogP contribution in [0.3, 0.4) is 0 Å². The zero-order chi connectivity index (χ0) is 11.6. The number of hydrogen-bond donors (Lipinski definition) is 0. The lowest BCUT2D eigenvalue weighted by Gasteiger charge is -2.07. The minimum atomic E-state index is -2.63. The van der Waals surface area contributed by atoms with Crippen LogP contribution in [0.1, 0.15) is 28.0 Å². The van der Waals surface area contributed by atoms with Crippen molar-refractivity contribution in [1.29, 1.82) is 0 Å². The van der Waals surface area contributed by atoms with Crippen LogP contribution in [-0.2, 0) is 4.74 Å². The quantitative estimate of drug-likeness (QED) is 0.617. The lowest BCUT2D eigenvalue weighted by Crippen LogP contribution is -2.08. The van der Waals surface area contributed by atoms with E-state index in [1.165, 1.54) is 20.1 Å². The van der Waals surface area contributed by atoms with E-state index < -0.39 is 12.4 Å². The topological polar surface area (TPSA) is 39.2 Å². The van der Waals surface area contributed by atoms with Crippen LogP contribution in [0.25, 0.3) is 0 Å². The van der Waals surface area contributed by atoms with Crippen LogP contribution < -0.4 is 0 Å². The van der Waals surface area contributed by atoms with Gasteiger partial charge in [-0.05, 0) is 34.5 Å². The number of carbonyl (C=O) groups excluding carboxylic acids is 1. The van der Waals surface area contributed by atoms with E-state index in [9.17, 15) is 13.6 Å². The highest BCUT2D eigenvalue weighted by Crippen LogP contribution is 2.27. The zero-order valence-corrected chi connectivity index (χ0v) is 9.64. The maximum absolute atomic E-state index is 12.4. The number of methoxy groups -OCH3 is 1. The molecule has 0 aliphatic rings. The molecule has 1 aromatic rings. The van der Waals surface area contributed by atoms with Crippen molar-refractivity contribution in [2.75, 3.05) is 7.11 Å². The third kappa shape index (κ3) is 2.50. The van der Waals surface area contributed by atoms with Gasteiger partial charge in [-0.1, -0.05) is 0 Å². The number of esters is 1. The van der Waals surface area contributed by atoms with Gasteiger partial charge in [0.2, 0.25) is 0 Å². The molecule has 0 bridgehead atoms. The maximum Gasteiger partial charge on any atom is 0.356 e. The smallest absolute Gasteiger partial charge is 0.356 e. The highest BCUT2D eigenvalue weighted by Gasteiger charge is 2.18. The van der Waals surface area contributed by atoms with E-state index in [1.807, 2.05) is 0 Å². The molecular weight excluding hydrogens is 272 g/mol. The molecule has 15 heavy (non-hydrogen) atoms. The van der Waals surface area contributed by atoms with E-state index in [0.29, 0.717) is 5.56 Å². The average Bonchev–Trinajstić information content (AvgIpc) is 2.19. The summed E-state index contributed by atoms with van der Waals surface area (Å²) in [5, 5.41) is 0. The van der Waals surface area contributed by atoms with E-state index in [4.69, 9.17) is 0 Å². The van der Waals surface area contributed by atoms with Crippen molar-refractivity contribution in [2.24, 2.45) is 0 Å². The standard InChI is InChI=1S/C9H8BrF2NO2/c1-4-3-5(8(11)12)7(10)13-6(4)9(14)15-2/h3,8H,1-2H3. The number of halogens is 3. The summed E-state index contributed by atoms with van der Waals surface area (Å²) in [7, 11) is 1.21. The molecule has 0 N–H and O–H groups in total. The largest absolute Gasteiger partial charge is 0.464 e. The molecule has 3 nitrogen and oxygen atoms in total. The SMILES string of the molecule is COC(=O)c1nc(Br)c(C(F)F)cc1C. The Bertz CT molecular complexity index is 396. The fourth-order valence-corrected chi connectivity index (χ4v) is 1.53. The summed E-state index contributed by atoms with van der Waals surface area (Å²) in [6.07, 6.45) is -2.63. The van der Waals surface area contributed by atoms with Crippen molar-refractivity contribution in [1.82, 2.24) is 4.98 Å². The molecule has 1 heterocycles. The Morgan fingerprint density at radius 2 is 2.20 bits per heavy atom. The van der Waals surface area contributed by atoms with E-state index in [-0.39, 0.29) is 15.9 Å². The molecule has 0 unspecified atom stereocenters. The molecule has 0 aromatic carbocycles. The van der Waals surface area contributed by atoms with E-state index in [2.05, 4.69) is 25.7 Å². The Labute approximate surface area is 93.6 Å². The Hall–Kier alpha value is -1.04. The van der Waals surface area contributed by atoms with Gasteiger partial charge in [0.05, 0.1) is 12.7 Å². The van der Waals surface area contributed by atoms with Gasteiger partial charge in [-0.2, -0.15) is 0 Å². The number of nitrogens with zero attached hydrogens (tertiary/aromatic N) is 1. The number of hydrogen-bond acceptors (Lipinski definition) is 3. The molecular formula is C9H8BrF2NO2. The molecule has 0 aliphatic carbocycles. The Morgan fingerprint density at radius 3 is 2.67 bits per heavy atom. The van der Waals surface area contributed by atoms with Gasteiger partial charge < -0.3 is 4.74 Å². The third-order valence-corrected chi connectivity index (χ3v) is 2.44. The first kappa shape index (κ1) is 12.0. The Balaban J connectivity index is 3.25. The summed E-state index contributed by atoms with van der Waals surface area (Å²) in [6, 6.07) is 1.22. The van der Waals surface area contributed by atoms with Gasteiger partial charge in [0.1, 0.15) is 4.60 Å². The summed E-state index contributed by atoms with van der Waals surface area (Å²) in [4.78, 5) is 14.9. The highest BCUT2D eigenvalue weighted by molar-refractivity contribution is 9.10. The molecule has 82 valence electrons. The van der Waals surface area contributed by atoms with E-state index in [0.717, 1.165) is 0 Å². The number of aryl methyl sites for hydroxylation is 1. The summed E-state index contributed by atoms with van der Waals surface area (Å²) in [6.45, 7) is 1.53. The van der Waals surface area contributed by atoms with Crippen LogP contribution in [0.15, 0.2) is 10.7 Å². The van der Waals surface area contributed by atoms with E-state index in [1.54, 1.807) is 0 Å². The Morgan fingerprint density at radius 1 is 1.60 bits per heavy atom. The minimum absolute atomic E-state index is 0.0359. The zero-order valence-electron chi connectivity index (χ0n) is 8.05. The van der Waals surface area contributed by atoms with Crippen molar-refractivity contribution in [3.05, 3.63) is 27.5 Å². The van der Waals surface area contributed by atoms with Gasteiger partial charge in [0.25, 0.3) is 6.43 Å². The van der Waals surface area contributed by atoms with Gasteiger partial charge in [-0.3, -0.25) is 0 Å². The highest BCUT2D eigenvalue weighted by atomic mass is 79.9. The van der Waals surface area contributed by atoms with Crippen LogP contribution in [0.2, 0.25) is 0 Å². The maximum atomic E-state index is 12.4. The molecule has 0 spiro atoms. The van der Waals surface area contributed by atoms with Crippen LogP contribution in [0, 0.1) is 6.92 Å². The minimum Gasteiger partial charge on any atom is -0.464 e. The van der Waals surface area contributed by atoms with Crippen molar-refractivity contribution >= 4 is 21.9 Å². The van der Waals surface area contributed by atoms with Gasteiger partial charge >= 0.3 is 5.97 Å². The molecule has 6 heteroatoms. The summed E-state index contributed by atoms with van der Waals surface area (Å²) >= 11 is 2.88. The molecule has 0 atom stereocenters. The predicted molar refractivity (Wildman–Crippen MR) is 53.0 cm³/mol. The predicted octanol–water partition coefficient (Wildman–Crippen LogP) is 2.88. The van der Waals surface area contributed by atoms with Crippen molar-refractivity contribution in [3.63, 3.8) is 0 Å². The summed E-state index contributed by atoms with van der Waals surface area (Å²) < 4.78 is 29.3.